The lowest BCUT2D eigenvalue weighted by atomic mass is 10.0. The maximum Gasteiger partial charge on any atom is 0.0890 e. The molecule has 4 heteroatoms. The number of nitrogens with two attached hydrogens (primary N) is 1. The number of rotatable bonds is 2. The van der Waals surface area contributed by atoms with Gasteiger partial charge in [-0.3, -0.25) is 4.98 Å². The minimum absolute atomic E-state index is 0.153. The van der Waals surface area contributed by atoms with E-state index in [2.05, 4.69) is 9.97 Å². The zero-order chi connectivity index (χ0) is 10.9. The van der Waals surface area contributed by atoms with Crippen molar-refractivity contribution in [2.45, 2.75) is 12.5 Å². The zero-order valence-electron chi connectivity index (χ0n) is 8.51. The monoisotopic (exact) mass is 203 g/mol. The van der Waals surface area contributed by atoms with E-state index in [1.165, 1.54) is 0 Å². The van der Waals surface area contributed by atoms with Crippen LogP contribution in [0.25, 0.3) is 11.0 Å². The molecule has 1 unspecified atom stereocenters. The van der Waals surface area contributed by atoms with Crippen LogP contribution in [0.15, 0.2) is 30.5 Å². The van der Waals surface area contributed by atoms with Crippen molar-refractivity contribution < 1.29 is 5.11 Å². The molecule has 0 spiro atoms. The fourth-order valence-corrected chi connectivity index (χ4v) is 1.31. The van der Waals surface area contributed by atoms with Gasteiger partial charge in [0.05, 0.1) is 35.1 Å². The van der Waals surface area contributed by atoms with E-state index in [-0.39, 0.29) is 6.61 Å². The summed E-state index contributed by atoms with van der Waals surface area (Å²) < 4.78 is 0. The highest BCUT2D eigenvalue weighted by molar-refractivity contribution is 5.73. The predicted molar refractivity (Wildman–Crippen MR) is 58.2 cm³/mol. The molecular weight excluding hydrogens is 190 g/mol. The SMILES string of the molecule is CC(N)(CO)c1cnc2ccccc2n1. The predicted octanol–water partition coefficient (Wildman–Crippen LogP) is 0.796. The van der Waals surface area contributed by atoms with Gasteiger partial charge >= 0.3 is 0 Å². The van der Waals surface area contributed by atoms with Gasteiger partial charge in [0.25, 0.3) is 0 Å². The lowest BCUT2D eigenvalue weighted by Gasteiger charge is -2.20. The first-order valence-electron chi connectivity index (χ1n) is 4.75. The van der Waals surface area contributed by atoms with Crippen LogP contribution in [0, 0.1) is 0 Å². The van der Waals surface area contributed by atoms with Gasteiger partial charge in [-0.15, -0.1) is 0 Å². The van der Waals surface area contributed by atoms with Gasteiger partial charge in [0.1, 0.15) is 0 Å². The molecule has 1 aromatic heterocycles. The maximum absolute atomic E-state index is 9.13. The second kappa shape index (κ2) is 3.56. The summed E-state index contributed by atoms with van der Waals surface area (Å²) in [4.78, 5) is 8.61. The van der Waals surface area contributed by atoms with Crippen LogP contribution in [-0.4, -0.2) is 21.7 Å². The summed E-state index contributed by atoms with van der Waals surface area (Å²) >= 11 is 0. The van der Waals surface area contributed by atoms with Crippen LogP contribution in [0.1, 0.15) is 12.6 Å². The normalized spacial score (nSPS) is 15.1. The van der Waals surface area contributed by atoms with Crippen LogP contribution >= 0.6 is 0 Å². The van der Waals surface area contributed by atoms with Crippen molar-refractivity contribution in [2.24, 2.45) is 5.73 Å². The van der Waals surface area contributed by atoms with Gasteiger partial charge in [0, 0.05) is 0 Å². The molecule has 0 fully saturated rings. The molecule has 3 N–H and O–H groups in total. The Kier molecular flexibility index (Phi) is 2.38. The van der Waals surface area contributed by atoms with E-state index in [0.29, 0.717) is 5.69 Å². The third-order valence-corrected chi connectivity index (χ3v) is 2.36. The van der Waals surface area contributed by atoms with E-state index in [1.807, 2.05) is 24.3 Å². The Balaban J connectivity index is 2.56. The molecule has 1 aromatic carbocycles. The first-order chi connectivity index (χ1) is 7.13. The Morgan fingerprint density at radius 1 is 1.33 bits per heavy atom. The van der Waals surface area contributed by atoms with Crippen molar-refractivity contribution in [1.82, 2.24) is 9.97 Å². The minimum Gasteiger partial charge on any atom is -0.394 e. The van der Waals surface area contributed by atoms with Gasteiger partial charge < -0.3 is 10.8 Å². The number of fused-ring (bicyclic) bond motifs is 1. The molecule has 4 nitrogen and oxygen atoms in total. The molecule has 0 saturated heterocycles. The summed E-state index contributed by atoms with van der Waals surface area (Å²) in [6, 6.07) is 7.57. The summed E-state index contributed by atoms with van der Waals surface area (Å²) in [5.41, 5.74) is 7.26. The molecule has 0 aliphatic rings. The second-order valence-electron chi connectivity index (χ2n) is 3.82. The standard InChI is InChI=1S/C11H13N3O/c1-11(12,7-15)10-6-13-8-4-2-3-5-9(8)14-10/h2-6,15H,7,12H2,1H3. The number of aliphatic hydroxyl groups excluding tert-OH is 1. The Labute approximate surface area is 87.8 Å². The van der Waals surface area contributed by atoms with E-state index in [0.717, 1.165) is 11.0 Å². The van der Waals surface area contributed by atoms with Crippen LogP contribution in [0.3, 0.4) is 0 Å². The van der Waals surface area contributed by atoms with E-state index in [9.17, 15) is 0 Å². The Morgan fingerprint density at radius 2 is 2.00 bits per heavy atom. The molecule has 1 heterocycles. The Morgan fingerprint density at radius 3 is 2.67 bits per heavy atom. The van der Waals surface area contributed by atoms with Crippen molar-refractivity contribution in [3.05, 3.63) is 36.2 Å². The summed E-state index contributed by atoms with van der Waals surface area (Å²) in [7, 11) is 0. The van der Waals surface area contributed by atoms with E-state index in [1.54, 1.807) is 13.1 Å². The highest BCUT2D eigenvalue weighted by atomic mass is 16.3. The van der Waals surface area contributed by atoms with Gasteiger partial charge in [-0.05, 0) is 19.1 Å². The van der Waals surface area contributed by atoms with Crippen LogP contribution in [0.2, 0.25) is 0 Å². The second-order valence-corrected chi connectivity index (χ2v) is 3.82. The summed E-state index contributed by atoms with van der Waals surface area (Å²) in [5, 5.41) is 9.13. The zero-order valence-corrected chi connectivity index (χ0v) is 8.51. The summed E-state index contributed by atoms with van der Waals surface area (Å²) in [5.74, 6) is 0. The number of aliphatic hydroxyl groups is 1. The number of hydrogen-bond donors (Lipinski definition) is 2. The van der Waals surface area contributed by atoms with Crippen molar-refractivity contribution in [2.75, 3.05) is 6.61 Å². The molecule has 2 rings (SSSR count). The molecule has 0 aliphatic heterocycles. The van der Waals surface area contributed by atoms with Gasteiger partial charge in [-0.25, -0.2) is 4.98 Å². The number of para-hydroxylation sites is 2. The molecule has 0 bridgehead atoms. The van der Waals surface area contributed by atoms with E-state index < -0.39 is 5.54 Å². The average molecular weight is 203 g/mol. The largest absolute Gasteiger partial charge is 0.394 e. The molecule has 1 atom stereocenters. The molecule has 0 aliphatic carbocycles. The fraction of sp³-hybridized carbons (Fsp3) is 0.273. The van der Waals surface area contributed by atoms with Crippen molar-refractivity contribution in [1.29, 1.82) is 0 Å². The minimum atomic E-state index is -0.836. The number of nitrogens with zero attached hydrogens (tertiary/aromatic N) is 2. The summed E-state index contributed by atoms with van der Waals surface area (Å²) in [6.07, 6.45) is 1.61. The quantitative estimate of drug-likeness (QED) is 0.757. The Hall–Kier alpha value is -1.52. The van der Waals surface area contributed by atoms with Crippen LogP contribution in [0.4, 0.5) is 0 Å². The topological polar surface area (TPSA) is 72.0 Å². The molecule has 0 radical (unpaired) electrons. The lowest BCUT2D eigenvalue weighted by Crippen LogP contribution is -2.38. The first-order valence-corrected chi connectivity index (χ1v) is 4.75. The highest BCUT2D eigenvalue weighted by Crippen LogP contribution is 2.16. The van der Waals surface area contributed by atoms with Crippen molar-refractivity contribution in [3.63, 3.8) is 0 Å². The smallest absolute Gasteiger partial charge is 0.0890 e. The van der Waals surface area contributed by atoms with Crippen LogP contribution in [-0.2, 0) is 5.54 Å². The third kappa shape index (κ3) is 1.82. The molecule has 2 aromatic rings. The van der Waals surface area contributed by atoms with Gasteiger partial charge in [0.2, 0.25) is 0 Å². The van der Waals surface area contributed by atoms with E-state index >= 15 is 0 Å². The third-order valence-electron chi connectivity index (χ3n) is 2.36. The molecular formula is C11H13N3O. The highest BCUT2D eigenvalue weighted by Gasteiger charge is 2.22. The van der Waals surface area contributed by atoms with Gasteiger partial charge in [-0.1, -0.05) is 12.1 Å². The molecule has 0 amide bonds. The van der Waals surface area contributed by atoms with Crippen LogP contribution in [0.5, 0.6) is 0 Å². The molecule has 0 saturated carbocycles. The number of aromatic nitrogens is 2. The van der Waals surface area contributed by atoms with Gasteiger partial charge in [-0.2, -0.15) is 0 Å². The first kappa shape index (κ1) is 10.0. The van der Waals surface area contributed by atoms with Crippen LogP contribution < -0.4 is 5.73 Å². The lowest BCUT2D eigenvalue weighted by molar-refractivity contribution is 0.206. The fourth-order valence-electron chi connectivity index (χ4n) is 1.31. The Bertz CT molecular complexity index is 482. The molecule has 15 heavy (non-hydrogen) atoms. The number of benzene rings is 1. The maximum atomic E-state index is 9.13. The van der Waals surface area contributed by atoms with Crippen molar-refractivity contribution >= 4 is 11.0 Å². The average Bonchev–Trinajstić information content (AvgIpc) is 2.28. The van der Waals surface area contributed by atoms with Crippen molar-refractivity contribution in [3.8, 4) is 0 Å². The van der Waals surface area contributed by atoms with E-state index in [4.69, 9.17) is 10.8 Å². The molecule has 78 valence electrons. The number of hydrogen-bond acceptors (Lipinski definition) is 4. The van der Waals surface area contributed by atoms with Gasteiger partial charge in [0.15, 0.2) is 0 Å². The summed E-state index contributed by atoms with van der Waals surface area (Å²) in [6.45, 7) is 1.58.